The molecule has 1 aromatic carbocycles. The van der Waals surface area contributed by atoms with Crippen LogP contribution in [0.25, 0.3) is 0 Å². The molecule has 4 N–H and O–H groups in total. The van der Waals surface area contributed by atoms with Gasteiger partial charge in [0, 0.05) is 16.6 Å². The third-order valence-corrected chi connectivity index (χ3v) is 2.84. The summed E-state index contributed by atoms with van der Waals surface area (Å²) in [7, 11) is 0. The molecule has 0 amide bonds. The summed E-state index contributed by atoms with van der Waals surface area (Å²) in [6.45, 7) is 0. The quantitative estimate of drug-likeness (QED) is 0.569. The summed E-state index contributed by atoms with van der Waals surface area (Å²) in [5, 5.41) is 19.0. The van der Waals surface area contributed by atoms with E-state index < -0.39 is 12.1 Å². The number of benzene rings is 1. The van der Waals surface area contributed by atoms with Gasteiger partial charge in [0.05, 0.1) is 0 Å². The molecule has 1 unspecified atom stereocenters. The molecule has 0 aliphatic rings. The minimum Gasteiger partial charge on any atom is -0.479 e. The van der Waals surface area contributed by atoms with Crippen LogP contribution in [0, 0.1) is 0 Å². The van der Waals surface area contributed by atoms with Gasteiger partial charge in [0.2, 0.25) is 0 Å². The Morgan fingerprint density at radius 1 is 1.50 bits per heavy atom. The molecule has 0 spiro atoms. The lowest BCUT2D eigenvalue weighted by atomic mass is 10.0. The Labute approximate surface area is 102 Å². The predicted octanol–water partition coefficient (Wildman–Crippen LogP) is 1.71. The van der Waals surface area contributed by atoms with Crippen molar-refractivity contribution in [1.82, 2.24) is 0 Å². The fourth-order valence-corrected chi connectivity index (χ4v) is 1.70. The van der Waals surface area contributed by atoms with E-state index in [0.717, 1.165) is 23.7 Å². The van der Waals surface area contributed by atoms with E-state index in [-0.39, 0.29) is 5.56 Å². The van der Waals surface area contributed by atoms with Crippen LogP contribution in [-0.4, -0.2) is 21.5 Å². The number of hydrogen-bond acceptors (Lipinski definition) is 3. The van der Waals surface area contributed by atoms with E-state index in [9.17, 15) is 9.90 Å². The smallest absolute Gasteiger partial charge is 0.337 e. The molecule has 5 heteroatoms. The molecular formula is C11H14BrNO3. The first-order valence-corrected chi connectivity index (χ1v) is 6.03. The normalized spacial score (nSPS) is 12.4. The van der Waals surface area contributed by atoms with Crippen molar-refractivity contribution >= 4 is 27.6 Å². The lowest BCUT2D eigenvalue weighted by Gasteiger charge is -2.11. The van der Waals surface area contributed by atoms with Crippen LogP contribution in [0.15, 0.2) is 18.2 Å². The second kappa shape index (κ2) is 5.86. The van der Waals surface area contributed by atoms with Crippen molar-refractivity contribution in [3.8, 4) is 0 Å². The number of carbonyl (C=O) groups is 1. The fraction of sp³-hybridized carbons (Fsp3) is 0.364. The summed E-state index contributed by atoms with van der Waals surface area (Å²) < 4.78 is 0. The van der Waals surface area contributed by atoms with E-state index in [1.807, 2.05) is 6.07 Å². The highest BCUT2D eigenvalue weighted by molar-refractivity contribution is 9.09. The van der Waals surface area contributed by atoms with E-state index in [0.29, 0.717) is 5.69 Å². The van der Waals surface area contributed by atoms with Crippen molar-refractivity contribution in [2.75, 3.05) is 11.1 Å². The van der Waals surface area contributed by atoms with E-state index in [2.05, 4.69) is 15.9 Å². The van der Waals surface area contributed by atoms with Crippen LogP contribution in [0.3, 0.4) is 0 Å². The molecule has 88 valence electrons. The Balaban J connectivity index is 2.94. The predicted molar refractivity (Wildman–Crippen MR) is 65.6 cm³/mol. The molecule has 4 nitrogen and oxygen atoms in total. The second-order valence-corrected chi connectivity index (χ2v) is 4.29. The van der Waals surface area contributed by atoms with Crippen LogP contribution in [-0.2, 0) is 11.2 Å². The van der Waals surface area contributed by atoms with Gasteiger partial charge in [-0.2, -0.15) is 0 Å². The van der Waals surface area contributed by atoms with Crippen molar-refractivity contribution in [2.24, 2.45) is 0 Å². The molecule has 0 aliphatic carbocycles. The maximum atomic E-state index is 10.7. The number of aliphatic hydroxyl groups excluding tert-OH is 1. The van der Waals surface area contributed by atoms with Crippen LogP contribution in [0.1, 0.15) is 23.7 Å². The van der Waals surface area contributed by atoms with E-state index in [1.165, 1.54) is 0 Å². The average Bonchev–Trinajstić information content (AvgIpc) is 2.27. The lowest BCUT2D eigenvalue weighted by molar-refractivity contribution is -0.146. The molecule has 0 fully saturated rings. The standard InChI is InChI=1S/C11H14BrNO3/c12-5-1-2-7-3-4-9(13)8(6-7)10(14)11(15)16/h3-4,6,10,14H,1-2,5,13H2,(H,15,16). The minimum absolute atomic E-state index is 0.263. The van der Waals surface area contributed by atoms with Crippen molar-refractivity contribution < 1.29 is 15.0 Å². The number of rotatable bonds is 5. The number of hydrogen-bond donors (Lipinski definition) is 3. The number of nitrogen functional groups attached to an aromatic ring is 1. The molecule has 1 rings (SSSR count). The highest BCUT2D eigenvalue weighted by atomic mass is 79.9. The molecule has 1 atom stereocenters. The molecule has 0 saturated heterocycles. The van der Waals surface area contributed by atoms with Gasteiger partial charge < -0.3 is 15.9 Å². The zero-order chi connectivity index (χ0) is 12.1. The number of alkyl halides is 1. The number of aliphatic hydroxyl groups is 1. The first-order chi connectivity index (χ1) is 7.56. The van der Waals surface area contributed by atoms with Crippen LogP contribution >= 0.6 is 15.9 Å². The second-order valence-electron chi connectivity index (χ2n) is 3.50. The number of aryl methyl sites for hydroxylation is 1. The summed E-state index contributed by atoms with van der Waals surface area (Å²) in [5.41, 5.74) is 7.17. The van der Waals surface area contributed by atoms with Gasteiger partial charge in [-0.05, 0) is 24.5 Å². The Hall–Kier alpha value is -1.07. The highest BCUT2D eigenvalue weighted by Crippen LogP contribution is 2.22. The summed E-state index contributed by atoms with van der Waals surface area (Å²) in [6, 6.07) is 5.12. The third kappa shape index (κ3) is 3.21. The summed E-state index contributed by atoms with van der Waals surface area (Å²) in [6.07, 6.45) is 0.223. The minimum atomic E-state index is -1.55. The lowest BCUT2D eigenvalue weighted by Crippen LogP contribution is -2.13. The number of halogens is 1. The van der Waals surface area contributed by atoms with Crippen LogP contribution in [0.4, 0.5) is 5.69 Å². The Bertz CT molecular complexity index is 381. The average molecular weight is 288 g/mol. The molecule has 1 aromatic rings. The zero-order valence-electron chi connectivity index (χ0n) is 8.69. The number of carboxylic acid groups (broad SMARTS) is 1. The summed E-state index contributed by atoms with van der Waals surface area (Å²) >= 11 is 3.32. The van der Waals surface area contributed by atoms with Gasteiger partial charge in [-0.25, -0.2) is 4.79 Å². The Morgan fingerprint density at radius 3 is 2.75 bits per heavy atom. The molecule has 0 bridgehead atoms. The van der Waals surface area contributed by atoms with Gasteiger partial charge in [-0.15, -0.1) is 0 Å². The monoisotopic (exact) mass is 287 g/mol. The van der Waals surface area contributed by atoms with Crippen molar-refractivity contribution in [3.05, 3.63) is 29.3 Å². The van der Waals surface area contributed by atoms with E-state index >= 15 is 0 Å². The van der Waals surface area contributed by atoms with Crippen molar-refractivity contribution in [2.45, 2.75) is 18.9 Å². The van der Waals surface area contributed by atoms with Gasteiger partial charge >= 0.3 is 5.97 Å². The molecular weight excluding hydrogens is 274 g/mol. The largest absolute Gasteiger partial charge is 0.479 e. The zero-order valence-corrected chi connectivity index (χ0v) is 10.3. The van der Waals surface area contributed by atoms with Gasteiger partial charge in [-0.3, -0.25) is 0 Å². The SMILES string of the molecule is Nc1ccc(CCCBr)cc1C(O)C(=O)O. The van der Waals surface area contributed by atoms with Crippen LogP contribution in [0.2, 0.25) is 0 Å². The van der Waals surface area contributed by atoms with Gasteiger partial charge in [-0.1, -0.05) is 28.1 Å². The van der Waals surface area contributed by atoms with Gasteiger partial charge in [0.15, 0.2) is 6.10 Å². The number of anilines is 1. The Morgan fingerprint density at radius 2 is 2.19 bits per heavy atom. The van der Waals surface area contributed by atoms with Gasteiger partial charge in [0.25, 0.3) is 0 Å². The molecule has 16 heavy (non-hydrogen) atoms. The van der Waals surface area contributed by atoms with E-state index in [4.69, 9.17) is 10.8 Å². The first kappa shape index (κ1) is 13.0. The summed E-state index contributed by atoms with van der Waals surface area (Å²) in [5.74, 6) is -1.29. The maximum absolute atomic E-state index is 10.7. The summed E-state index contributed by atoms with van der Waals surface area (Å²) in [4.78, 5) is 10.7. The number of aliphatic carboxylic acids is 1. The maximum Gasteiger partial charge on any atom is 0.337 e. The Kier molecular flexibility index (Phi) is 4.76. The topological polar surface area (TPSA) is 83.5 Å². The third-order valence-electron chi connectivity index (χ3n) is 2.28. The van der Waals surface area contributed by atoms with Crippen LogP contribution < -0.4 is 5.73 Å². The first-order valence-electron chi connectivity index (χ1n) is 4.91. The molecule has 0 saturated carbocycles. The van der Waals surface area contributed by atoms with E-state index in [1.54, 1.807) is 12.1 Å². The van der Waals surface area contributed by atoms with Crippen LogP contribution in [0.5, 0.6) is 0 Å². The highest BCUT2D eigenvalue weighted by Gasteiger charge is 2.18. The fourth-order valence-electron chi connectivity index (χ4n) is 1.42. The number of carboxylic acids is 1. The molecule has 0 aromatic heterocycles. The van der Waals surface area contributed by atoms with Crippen molar-refractivity contribution in [1.29, 1.82) is 0 Å². The molecule has 0 radical (unpaired) electrons. The van der Waals surface area contributed by atoms with Gasteiger partial charge in [0.1, 0.15) is 0 Å². The molecule has 0 aliphatic heterocycles. The van der Waals surface area contributed by atoms with Crippen molar-refractivity contribution in [3.63, 3.8) is 0 Å². The molecule has 0 heterocycles. The number of nitrogens with two attached hydrogens (primary N) is 1.